The van der Waals surface area contributed by atoms with Crippen molar-refractivity contribution in [1.82, 2.24) is 0 Å². The van der Waals surface area contributed by atoms with E-state index in [2.05, 4.69) is 31.4 Å². The van der Waals surface area contributed by atoms with Gasteiger partial charge in [0.25, 0.3) is 0 Å². The minimum atomic E-state index is 0.0115. The fraction of sp³-hybridized carbons (Fsp3) is 0.400. The zero-order valence-electron chi connectivity index (χ0n) is 14.7. The van der Waals surface area contributed by atoms with Crippen LogP contribution in [0.3, 0.4) is 0 Å². The van der Waals surface area contributed by atoms with Gasteiger partial charge in [-0.2, -0.15) is 0 Å². The Morgan fingerprint density at radius 3 is 2.48 bits per heavy atom. The summed E-state index contributed by atoms with van der Waals surface area (Å²) in [6, 6.07) is 7.57. The summed E-state index contributed by atoms with van der Waals surface area (Å²) in [5.74, 6) is 2.51. The molecule has 0 radical (unpaired) electrons. The Morgan fingerprint density at radius 1 is 1.22 bits per heavy atom. The van der Waals surface area contributed by atoms with Gasteiger partial charge >= 0.3 is 0 Å². The maximum atomic E-state index is 9.49. The molecule has 1 aromatic rings. The van der Waals surface area contributed by atoms with E-state index < -0.39 is 0 Å². The Morgan fingerprint density at radius 2 is 1.87 bits per heavy atom. The maximum Gasteiger partial charge on any atom is 0.119 e. The highest BCUT2D eigenvalue weighted by Crippen LogP contribution is 2.37. The fourth-order valence-electron chi connectivity index (χ4n) is 2.38. The van der Waals surface area contributed by atoms with E-state index in [1.54, 1.807) is 31.0 Å². The van der Waals surface area contributed by atoms with Crippen LogP contribution in [0.4, 0.5) is 0 Å². The lowest BCUT2D eigenvalue weighted by Crippen LogP contribution is -2.32. The summed E-state index contributed by atoms with van der Waals surface area (Å²) >= 11 is 1.78. The largest absolute Gasteiger partial charge is 0.508 e. The maximum absolute atomic E-state index is 9.49. The zero-order chi connectivity index (χ0) is 17.3. The van der Waals surface area contributed by atoms with Crippen LogP contribution in [0, 0.1) is 5.92 Å². The minimum Gasteiger partial charge on any atom is -0.508 e. The standard InChI is InChI=1S/C18H22O2S.C2H6/c1-14-5-4-6-17(20-3)11-12-21-13-18(14,2)15-7-9-16(19)10-8-15;1-2/h4-12,14,19H,13H2,1-3H3;1-2H3/b5-4+,12-11+,17-6+;. The van der Waals surface area contributed by atoms with Crippen LogP contribution in [-0.4, -0.2) is 18.0 Å². The summed E-state index contributed by atoms with van der Waals surface area (Å²) in [5, 5.41) is 11.6. The lowest BCUT2D eigenvalue weighted by molar-refractivity contribution is 0.307. The number of hydrogen-bond donors (Lipinski definition) is 1. The van der Waals surface area contributed by atoms with Crippen molar-refractivity contribution in [3.8, 4) is 5.75 Å². The van der Waals surface area contributed by atoms with E-state index in [9.17, 15) is 5.11 Å². The normalized spacial score (nSPS) is 29.3. The first-order valence-corrected chi connectivity index (χ1v) is 9.11. The van der Waals surface area contributed by atoms with E-state index in [4.69, 9.17) is 4.74 Å². The van der Waals surface area contributed by atoms with E-state index in [1.165, 1.54) is 5.56 Å². The summed E-state index contributed by atoms with van der Waals surface area (Å²) in [5.41, 5.74) is 1.26. The van der Waals surface area contributed by atoms with Gasteiger partial charge < -0.3 is 9.84 Å². The molecule has 0 bridgehead atoms. The highest BCUT2D eigenvalue weighted by Gasteiger charge is 2.31. The minimum absolute atomic E-state index is 0.0115. The first-order chi connectivity index (χ1) is 11.1. The van der Waals surface area contributed by atoms with E-state index in [0.717, 1.165) is 11.5 Å². The zero-order valence-corrected chi connectivity index (χ0v) is 15.6. The van der Waals surface area contributed by atoms with E-state index in [0.29, 0.717) is 11.7 Å². The van der Waals surface area contributed by atoms with Crippen molar-refractivity contribution in [3.05, 3.63) is 65.3 Å². The number of aromatic hydroxyl groups is 1. The SMILES string of the molecule is CC.COC1=C/C=C/C(C)C(C)(c2ccc(O)cc2)CS\C=C\1. The molecule has 1 aliphatic heterocycles. The van der Waals surface area contributed by atoms with Gasteiger partial charge in [0.2, 0.25) is 0 Å². The van der Waals surface area contributed by atoms with E-state index in [-0.39, 0.29) is 5.41 Å². The van der Waals surface area contributed by atoms with E-state index in [1.807, 2.05) is 38.1 Å². The molecule has 2 atom stereocenters. The third-order valence-electron chi connectivity index (χ3n) is 4.14. The van der Waals surface area contributed by atoms with Crippen LogP contribution in [0.2, 0.25) is 0 Å². The summed E-state index contributed by atoms with van der Waals surface area (Å²) < 4.78 is 5.29. The van der Waals surface area contributed by atoms with Crippen LogP contribution in [0.5, 0.6) is 5.75 Å². The number of rotatable bonds is 2. The molecule has 1 N–H and O–H groups in total. The molecule has 2 nitrogen and oxygen atoms in total. The number of phenols is 1. The van der Waals surface area contributed by atoms with E-state index >= 15 is 0 Å². The highest BCUT2D eigenvalue weighted by atomic mass is 32.2. The van der Waals surface area contributed by atoms with Crippen molar-refractivity contribution in [2.45, 2.75) is 33.1 Å². The van der Waals surface area contributed by atoms with Gasteiger partial charge in [0.05, 0.1) is 7.11 Å². The monoisotopic (exact) mass is 332 g/mol. The van der Waals surface area contributed by atoms with Gasteiger partial charge in [0.15, 0.2) is 0 Å². The molecular weight excluding hydrogens is 304 g/mol. The molecule has 0 aromatic heterocycles. The molecule has 0 fully saturated rings. The quantitative estimate of drug-likeness (QED) is 0.758. The first-order valence-electron chi connectivity index (χ1n) is 8.06. The number of ether oxygens (including phenoxy) is 1. The molecule has 0 saturated carbocycles. The number of allylic oxidation sites excluding steroid dienone is 4. The van der Waals surface area contributed by atoms with Crippen molar-refractivity contribution in [2.75, 3.05) is 12.9 Å². The Labute approximate surface area is 145 Å². The molecule has 0 spiro atoms. The number of phenolic OH excluding ortho intramolecular Hbond substituents is 1. The molecule has 1 aromatic carbocycles. The molecule has 1 heterocycles. The first kappa shape index (κ1) is 19.4. The second-order valence-electron chi connectivity index (χ2n) is 5.52. The number of methoxy groups -OCH3 is 1. The smallest absolute Gasteiger partial charge is 0.119 e. The predicted octanol–water partition coefficient (Wildman–Crippen LogP) is 5.66. The number of thioether (sulfide) groups is 1. The second kappa shape index (κ2) is 9.51. The van der Waals surface area contributed by atoms with Gasteiger partial charge in [0.1, 0.15) is 11.5 Å². The summed E-state index contributed by atoms with van der Waals surface area (Å²) in [7, 11) is 1.68. The van der Waals surface area contributed by atoms with Gasteiger partial charge in [0, 0.05) is 11.2 Å². The molecule has 2 rings (SSSR count). The van der Waals surface area contributed by atoms with Crippen molar-refractivity contribution < 1.29 is 9.84 Å². The van der Waals surface area contributed by atoms with Crippen LogP contribution < -0.4 is 0 Å². The van der Waals surface area contributed by atoms with Crippen molar-refractivity contribution in [2.24, 2.45) is 5.92 Å². The van der Waals surface area contributed by atoms with Gasteiger partial charge in [-0.25, -0.2) is 0 Å². The molecule has 23 heavy (non-hydrogen) atoms. The molecular formula is C20H28O2S. The van der Waals surface area contributed by atoms with Gasteiger partial charge in [-0.15, -0.1) is 11.8 Å². The molecule has 126 valence electrons. The molecule has 0 saturated heterocycles. The Hall–Kier alpha value is -1.61. The van der Waals surface area contributed by atoms with Crippen molar-refractivity contribution in [1.29, 1.82) is 0 Å². The summed E-state index contributed by atoms with van der Waals surface area (Å²) in [4.78, 5) is 0. The molecule has 3 heteroatoms. The van der Waals surface area contributed by atoms with Crippen molar-refractivity contribution in [3.63, 3.8) is 0 Å². The number of benzene rings is 1. The van der Waals surface area contributed by atoms with Crippen molar-refractivity contribution >= 4 is 11.8 Å². The Kier molecular flexibility index (Phi) is 8.04. The lowest BCUT2D eigenvalue weighted by atomic mass is 9.74. The molecule has 2 unspecified atom stereocenters. The average molecular weight is 333 g/mol. The lowest BCUT2D eigenvalue weighted by Gasteiger charge is -2.34. The summed E-state index contributed by atoms with van der Waals surface area (Å²) in [6.45, 7) is 8.51. The van der Waals surface area contributed by atoms with Crippen LogP contribution in [-0.2, 0) is 10.2 Å². The molecule has 0 amide bonds. The second-order valence-corrected chi connectivity index (χ2v) is 6.42. The predicted molar refractivity (Wildman–Crippen MR) is 102 cm³/mol. The van der Waals surface area contributed by atoms with Gasteiger partial charge in [-0.05, 0) is 41.2 Å². The van der Waals surface area contributed by atoms with Crippen LogP contribution in [0.25, 0.3) is 0 Å². The Balaban J connectivity index is 0.00000127. The topological polar surface area (TPSA) is 29.5 Å². The van der Waals surface area contributed by atoms with Gasteiger partial charge in [-0.3, -0.25) is 0 Å². The van der Waals surface area contributed by atoms with Crippen LogP contribution >= 0.6 is 11.8 Å². The third-order valence-corrected chi connectivity index (χ3v) is 5.23. The molecule has 1 aliphatic rings. The van der Waals surface area contributed by atoms with Crippen LogP contribution in [0.15, 0.2) is 59.7 Å². The van der Waals surface area contributed by atoms with Gasteiger partial charge in [-0.1, -0.05) is 52.0 Å². The highest BCUT2D eigenvalue weighted by molar-refractivity contribution is 8.02. The average Bonchev–Trinajstić information content (AvgIpc) is 2.58. The van der Waals surface area contributed by atoms with Crippen LogP contribution in [0.1, 0.15) is 33.3 Å². The fourth-order valence-corrected chi connectivity index (χ4v) is 3.48. The third kappa shape index (κ3) is 5.21. The number of hydrogen-bond acceptors (Lipinski definition) is 3. The molecule has 0 aliphatic carbocycles. The Bertz CT molecular complexity index is 558. The summed E-state index contributed by atoms with van der Waals surface area (Å²) in [6.07, 6.45) is 8.24.